The molecule has 102 valence electrons. The molecule has 0 amide bonds. The molecule has 4 nitrogen and oxygen atoms in total. The molecule has 0 saturated heterocycles. The van der Waals surface area contributed by atoms with Gasteiger partial charge in [-0.1, -0.05) is 0 Å². The zero-order valence-corrected chi connectivity index (χ0v) is 11.5. The monoisotopic (exact) mass is 260 g/mol. The fourth-order valence-electron chi connectivity index (χ4n) is 2.23. The Kier molecular flexibility index (Phi) is 3.32. The van der Waals surface area contributed by atoms with Crippen LogP contribution in [0.4, 0.5) is 0 Å². The quantitative estimate of drug-likeness (QED) is 0.582. The van der Waals surface area contributed by atoms with Gasteiger partial charge in [0.25, 0.3) is 0 Å². The van der Waals surface area contributed by atoms with E-state index < -0.39 is 0 Å². The molecule has 1 aromatic carbocycles. The minimum atomic E-state index is 0.684. The molecular weight excluding hydrogens is 240 g/mol. The third-order valence-electron chi connectivity index (χ3n) is 3.59. The van der Waals surface area contributed by atoms with Gasteiger partial charge in [0.1, 0.15) is 0 Å². The van der Waals surface area contributed by atoms with Crippen LogP contribution in [0.5, 0.6) is 11.5 Å². The smallest absolute Gasteiger partial charge is 0.161 e. The zero-order chi connectivity index (χ0) is 13.2. The van der Waals surface area contributed by atoms with Gasteiger partial charge in [-0.3, -0.25) is 5.01 Å². The standard InChI is InChI=1S/C15H20N2O2/c1-18-14-8-3-11(9-15(14)19-2)10-16-17(12-4-5-12)13-6-7-13/h3,8-10,12-13H,4-7H2,1-2H3/b16-10+. The van der Waals surface area contributed by atoms with Gasteiger partial charge in [0.15, 0.2) is 11.5 Å². The number of benzene rings is 1. The average Bonchev–Trinajstić information content (AvgIpc) is 3.31. The number of rotatable bonds is 6. The van der Waals surface area contributed by atoms with Crippen molar-refractivity contribution in [2.45, 2.75) is 37.8 Å². The summed E-state index contributed by atoms with van der Waals surface area (Å²) >= 11 is 0. The summed E-state index contributed by atoms with van der Waals surface area (Å²) in [5.41, 5.74) is 1.05. The predicted molar refractivity (Wildman–Crippen MR) is 75.0 cm³/mol. The Morgan fingerprint density at radius 2 is 1.68 bits per heavy atom. The van der Waals surface area contributed by atoms with Crippen molar-refractivity contribution in [1.82, 2.24) is 5.01 Å². The molecule has 0 bridgehead atoms. The number of hydrogen-bond donors (Lipinski definition) is 0. The third-order valence-corrected chi connectivity index (χ3v) is 3.59. The van der Waals surface area contributed by atoms with E-state index in [9.17, 15) is 0 Å². The van der Waals surface area contributed by atoms with Gasteiger partial charge in [-0.05, 0) is 49.4 Å². The van der Waals surface area contributed by atoms with Crippen LogP contribution in [-0.4, -0.2) is 37.5 Å². The van der Waals surface area contributed by atoms with Gasteiger partial charge in [0, 0.05) is 12.1 Å². The van der Waals surface area contributed by atoms with Crippen molar-refractivity contribution < 1.29 is 9.47 Å². The number of nitrogens with zero attached hydrogens (tertiary/aromatic N) is 2. The maximum Gasteiger partial charge on any atom is 0.161 e. The van der Waals surface area contributed by atoms with E-state index in [0.717, 1.165) is 17.1 Å². The van der Waals surface area contributed by atoms with Gasteiger partial charge in [0.05, 0.1) is 20.4 Å². The van der Waals surface area contributed by atoms with Crippen molar-refractivity contribution in [3.63, 3.8) is 0 Å². The lowest BCUT2D eigenvalue weighted by Crippen LogP contribution is -2.22. The highest BCUT2D eigenvalue weighted by Crippen LogP contribution is 2.37. The molecule has 1 aromatic rings. The first-order chi connectivity index (χ1) is 9.31. The average molecular weight is 260 g/mol. The number of hydrazone groups is 1. The summed E-state index contributed by atoms with van der Waals surface area (Å²) in [6, 6.07) is 7.25. The van der Waals surface area contributed by atoms with Gasteiger partial charge in [-0.25, -0.2) is 0 Å². The van der Waals surface area contributed by atoms with Crippen molar-refractivity contribution in [3.05, 3.63) is 23.8 Å². The molecule has 0 N–H and O–H groups in total. The minimum absolute atomic E-state index is 0.684. The first kappa shape index (κ1) is 12.3. The number of ether oxygens (including phenoxy) is 2. The minimum Gasteiger partial charge on any atom is -0.493 e. The van der Waals surface area contributed by atoms with Crippen molar-refractivity contribution in [2.75, 3.05) is 14.2 Å². The van der Waals surface area contributed by atoms with Gasteiger partial charge >= 0.3 is 0 Å². The van der Waals surface area contributed by atoms with Crippen LogP contribution in [0, 0.1) is 0 Å². The third kappa shape index (κ3) is 2.83. The van der Waals surface area contributed by atoms with Crippen LogP contribution in [-0.2, 0) is 0 Å². The van der Waals surface area contributed by atoms with Gasteiger partial charge in [-0.15, -0.1) is 0 Å². The Balaban J connectivity index is 1.74. The summed E-state index contributed by atoms with van der Waals surface area (Å²) in [7, 11) is 3.30. The van der Waals surface area contributed by atoms with E-state index in [1.54, 1.807) is 14.2 Å². The van der Waals surface area contributed by atoms with Crippen LogP contribution in [0.3, 0.4) is 0 Å². The van der Waals surface area contributed by atoms with E-state index in [4.69, 9.17) is 9.47 Å². The zero-order valence-electron chi connectivity index (χ0n) is 11.5. The van der Waals surface area contributed by atoms with Crippen LogP contribution in [0.1, 0.15) is 31.2 Å². The molecule has 19 heavy (non-hydrogen) atoms. The molecule has 4 heteroatoms. The second kappa shape index (κ2) is 5.11. The summed E-state index contributed by atoms with van der Waals surface area (Å²) in [6.45, 7) is 0. The Labute approximate surface area is 114 Å². The van der Waals surface area contributed by atoms with E-state index in [1.165, 1.54) is 25.7 Å². The normalized spacial score (nSPS) is 18.6. The second-order valence-electron chi connectivity index (χ2n) is 5.20. The lowest BCUT2D eigenvalue weighted by molar-refractivity contribution is 0.268. The summed E-state index contributed by atoms with van der Waals surface area (Å²) in [4.78, 5) is 0. The van der Waals surface area contributed by atoms with Gasteiger partial charge in [-0.2, -0.15) is 5.10 Å². The van der Waals surface area contributed by atoms with E-state index >= 15 is 0 Å². The maximum atomic E-state index is 5.30. The Morgan fingerprint density at radius 3 is 2.21 bits per heavy atom. The molecule has 0 spiro atoms. The molecule has 0 atom stereocenters. The molecule has 0 unspecified atom stereocenters. The molecule has 2 aliphatic carbocycles. The van der Waals surface area contributed by atoms with Gasteiger partial charge in [0.2, 0.25) is 0 Å². The molecular formula is C15H20N2O2. The number of methoxy groups -OCH3 is 2. The fourth-order valence-corrected chi connectivity index (χ4v) is 2.23. The summed E-state index contributed by atoms with van der Waals surface area (Å²) in [5.74, 6) is 1.50. The Hall–Kier alpha value is -1.71. The SMILES string of the molecule is COc1ccc(/C=N/N(C2CC2)C2CC2)cc1OC. The molecule has 2 fully saturated rings. The largest absolute Gasteiger partial charge is 0.493 e. The molecule has 0 aliphatic heterocycles. The Bertz CT molecular complexity index is 467. The molecule has 0 radical (unpaired) electrons. The maximum absolute atomic E-state index is 5.30. The van der Waals surface area contributed by atoms with Gasteiger partial charge < -0.3 is 9.47 Å². The van der Waals surface area contributed by atoms with Crippen LogP contribution in [0.2, 0.25) is 0 Å². The summed E-state index contributed by atoms with van der Waals surface area (Å²) in [5, 5.41) is 6.95. The molecule has 3 rings (SSSR count). The van der Waals surface area contributed by atoms with Crippen molar-refractivity contribution in [2.24, 2.45) is 5.10 Å². The summed E-state index contributed by atoms with van der Waals surface area (Å²) < 4.78 is 10.5. The first-order valence-electron chi connectivity index (χ1n) is 6.86. The van der Waals surface area contributed by atoms with E-state index in [2.05, 4.69) is 10.1 Å². The van der Waals surface area contributed by atoms with Crippen LogP contribution in [0.15, 0.2) is 23.3 Å². The predicted octanol–water partition coefficient (Wildman–Crippen LogP) is 2.66. The molecule has 0 heterocycles. The van der Waals surface area contributed by atoms with Crippen molar-refractivity contribution in [3.8, 4) is 11.5 Å². The van der Waals surface area contributed by atoms with E-state index in [1.807, 2.05) is 24.4 Å². The Morgan fingerprint density at radius 1 is 1.05 bits per heavy atom. The highest BCUT2D eigenvalue weighted by molar-refractivity contribution is 5.80. The van der Waals surface area contributed by atoms with Crippen molar-refractivity contribution in [1.29, 1.82) is 0 Å². The van der Waals surface area contributed by atoms with Crippen LogP contribution in [0.25, 0.3) is 0 Å². The molecule has 0 aromatic heterocycles. The highest BCUT2D eigenvalue weighted by Gasteiger charge is 2.38. The fraction of sp³-hybridized carbons (Fsp3) is 0.533. The lowest BCUT2D eigenvalue weighted by Gasteiger charge is -2.17. The highest BCUT2D eigenvalue weighted by atomic mass is 16.5. The second-order valence-corrected chi connectivity index (χ2v) is 5.20. The van der Waals surface area contributed by atoms with Crippen LogP contribution >= 0.6 is 0 Å². The molecule has 2 saturated carbocycles. The number of hydrogen-bond acceptors (Lipinski definition) is 4. The van der Waals surface area contributed by atoms with Crippen molar-refractivity contribution >= 4 is 6.21 Å². The molecule has 2 aliphatic rings. The van der Waals surface area contributed by atoms with E-state index in [-0.39, 0.29) is 0 Å². The summed E-state index contributed by atoms with van der Waals surface area (Å²) in [6.07, 6.45) is 7.09. The van der Waals surface area contributed by atoms with Crippen LogP contribution < -0.4 is 9.47 Å². The lowest BCUT2D eigenvalue weighted by atomic mass is 10.2. The topological polar surface area (TPSA) is 34.1 Å². The first-order valence-corrected chi connectivity index (χ1v) is 6.86. The van der Waals surface area contributed by atoms with E-state index in [0.29, 0.717) is 12.1 Å².